The van der Waals surface area contributed by atoms with Crippen LogP contribution >= 0.6 is 23.2 Å². The summed E-state index contributed by atoms with van der Waals surface area (Å²) in [5, 5.41) is 24.7. The van der Waals surface area contributed by atoms with Crippen molar-refractivity contribution in [1.82, 2.24) is 20.6 Å². The SMILES string of the molecule is N#CC(=CNc1c(Cl)cc(F)cc1Cl)c1nn[nH]n1. The molecule has 0 spiro atoms. The number of nitrogens with zero attached hydrogens (tertiary/aromatic N) is 4. The second-order valence-electron chi connectivity index (χ2n) is 3.29. The Balaban J connectivity index is 2.30. The Hall–Kier alpha value is -2.17. The van der Waals surface area contributed by atoms with Gasteiger partial charge in [-0.1, -0.05) is 23.2 Å². The number of allylic oxidation sites excluding steroid dienone is 1. The average Bonchev–Trinajstić information content (AvgIpc) is 2.86. The minimum Gasteiger partial charge on any atom is -0.358 e. The Bertz CT molecular complexity index is 638. The van der Waals surface area contributed by atoms with E-state index in [-0.39, 0.29) is 27.1 Å². The Kier molecular flexibility index (Phi) is 3.94. The van der Waals surface area contributed by atoms with Crippen molar-refractivity contribution >= 4 is 34.5 Å². The zero-order valence-corrected chi connectivity index (χ0v) is 10.7. The molecule has 19 heavy (non-hydrogen) atoms. The zero-order valence-electron chi connectivity index (χ0n) is 9.15. The highest BCUT2D eigenvalue weighted by Gasteiger charge is 2.09. The Morgan fingerprint density at radius 2 is 2.11 bits per heavy atom. The molecule has 0 aliphatic heterocycles. The zero-order chi connectivity index (χ0) is 13.8. The van der Waals surface area contributed by atoms with Crippen molar-refractivity contribution in [2.75, 3.05) is 5.32 Å². The van der Waals surface area contributed by atoms with Crippen molar-refractivity contribution in [3.8, 4) is 6.07 Å². The number of aromatic amines is 1. The summed E-state index contributed by atoms with van der Waals surface area (Å²) in [6.07, 6.45) is 1.30. The van der Waals surface area contributed by atoms with Gasteiger partial charge in [-0.3, -0.25) is 0 Å². The fourth-order valence-electron chi connectivity index (χ4n) is 1.25. The molecule has 0 aliphatic carbocycles. The molecular weight excluding hydrogens is 294 g/mol. The molecule has 0 radical (unpaired) electrons. The van der Waals surface area contributed by atoms with Crippen LogP contribution in [0.1, 0.15) is 5.82 Å². The highest BCUT2D eigenvalue weighted by molar-refractivity contribution is 6.39. The van der Waals surface area contributed by atoms with E-state index in [2.05, 4.69) is 25.9 Å². The van der Waals surface area contributed by atoms with Crippen LogP contribution in [-0.2, 0) is 0 Å². The van der Waals surface area contributed by atoms with Crippen molar-refractivity contribution in [2.45, 2.75) is 0 Å². The number of anilines is 1. The van der Waals surface area contributed by atoms with Gasteiger partial charge in [-0.2, -0.15) is 10.5 Å². The summed E-state index contributed by atoms with van der Waals surface area (Å²) in [6.45, 7) is 0. The minimum atomic E-state index is -0.553. The Morgan fingerprint density at radius 1 is 1.42 bits per heavy atom. The summed E-state index contributed by atoms with van der Waals surface area (Å²) >= 11 is 11.7. The van der Waals surface area contributed by atoms with Gasteiger partial charge in [0.1, 0.15) is 17.5 Å². The number of tetrazole rings is 1. The number of hydrogen-bond acceptors (Lipinski definition) is 5. The van der Waals surface area contributed by atoms with Gasteiger partial charge in [0.2, 0.25) is 5.82 Å². The van der Waals surface area contributed by atoms with Crippen LogP contribution in [0, 0.1) is 17.1 Å². The van der Waals surface area contributed by atoms with Gasteiger partial charge in [-0.05, 0) is 17.3 Å². The van der Waals surface area contributed by atoms with Crippen LogP contribution < -0.4 is 5.32 Å². The maximum absolute atomic E-state index is 13.0. The number of rotatable bonds is 3. The van der Waals surface area contributed by atoms with E-state index < -0.39 is 5.82 Å². The summed E-state index contributed by atoms with van der Waals surface area (Å²) in [5.41, 5.74) is 0.395. The standard InChI is InChI=1S/C10H5Cl2FN6/c11-7-1-6(13)2-8(12)9(7)15-4-5(3-14)10-16-18-19-17-10/h1-2,4,15H,(H,16,17,18,19). The number of hydrogen-bond donors (Lipinski definition) is 2. The lowest BCUT2D eigenvalue weighted by atomic mass is 10.3. The summed E-state index contributed by atoms with van der Waals surface area (Å²) in [5.74, 6) is -0.437. The van der Waals surface area contributed by atoms with E-state index in [0.717, 1.165) is 12.1 Å². The maximum atomic E-state index is 13.0. The Labute approximate surface area is 116 Å². The molecule has 1 heterocycles. The number of halogens is 3. The van der Waals surface area contributed by atoms with E-state index in [1.165, 1.54) is 6.20 Å². The molecule has 0 saturated carbocycles. The largest absolute Gasteiger partial charge is 0.358 e. The van der Waals surface area contributed by atoms with Gasteiger partial charge in [0, 0.05) is 6.20 Å². The van der Waals surface area contributed by atoms with Crippen LogP contribution in [0.5, 0.6) is 0 Å². The first-order valence-electron chi connectivity index (χ1n) is 4.87. The van der Waals surface area contributed by atoms with E-state index in [4.69, 9.17) is 28.5 Å². The second kappa shape index (κ2) is 5.65. The number of H-pyrrole nitrogens is 1. The van der Waals surface area contributed by atoms with Gasteiger partial charge in [0.15, 0.2) is 0 Å². The Morgan fingerprint density at radius 3 is 2.63 bits per heavy atom. The first-order chi connectivity index (χ1) is 9.11. The van der Waals surface area contributed by atoms with Crippen molar-refractivity contribution in [3.05, 3.63) is 40.0 Å². The van der Waals surface area contributed by atoms with Crippen LogP contribution in [-0.4, -0.2) is 20.6 Å². The molecule has 0 saturated heterocycles. The van der Waals surface area contributed by atoms with Crippen LogP contribution in [0.25, 0.3) is 5.57 Å². The normalized spacial score (nSPS) is 11.2. The topological polar surface area (TPSA) is 90.3 Å². The van der Waals surface area contributed by atoms with Crippen molar-refractivity contribution in [3.63, 3.8) is 0 Å². The smallest absolute Gasteiger partial charge is 0.216 e. The van der Waals surface area contributed by atoms with E-state index in [1.807, 2.05) is 6.07 Å². The molecule has 6 nitrogen and oxygen atoms in total. The van der Waals surface area contributed by atoms with Crippen molar-refractivity contribution < 1.29 is 4.39 Å². The highest BCUT2D eigenvalue weighted by Crippen LogP contribution is 2.31. The molecule has 0 bridgehead atoms. The number of nitriles is 1. The summed E-state index contributed by atoms with van der Waals surface area (Å²) in [7, 11) is 0. The molecule has 2 rings (SSSR count). The van der Waals surface area contributed by atoms with Crippen LogP contribution in [0.4, 0.5) is 10.1 Å². The molecule has 96 valence electrons. The number of aromatic nitrogens is 4. The fraction of sp³-hybridized carbons (Fsp3) is 0. The lowest BCUT2D eigenvalue weighted by Crippen LogP contribution is -1.95. The molecule has 0 atom stereocenters. The van der Waals surface area contributed by atoms with E-state index in [0.29, 0.717) is 0 Å². The van der Waals surface area contributed by atoms with Crippen molar-refractivity contribution in [2.24, 2.45) is 0 Å². The molecule has 2 N–H and O–H groups in total. The minimum absolute atomic E-state index is 0.0895. The summed E-state index contributed by atoms with van der Waals surface area (Å²) in [4.78, 5) is 0. The average molecular weight is 299 g/mol. The molecule has 1 aromatic carbocycles. The van der Waals surface area contributed by atoms with E-state index >= 15 is 0 Å². The van der Waals surface area contributed by atoms with Gasteiger partial charge in [-0.15, -0.1) is 10.2 Å². The third-order valence-corrected chi connectivity index (χ3v) is 2.67. The van der Waals surface area contributed by atoms with Gasteiger partial charge in [0.25, 0.3) is 0 Å². The van der Waals surface area contributed by atoms with E-state index in [1.54, 1.807) is 0 Å². The van der Waals surface area contributed by atoms with Gasteiger partial charge in [-0.25, -0.2) is 4.39 Å². The molecule has 0 aliphatic rings. The fourth-order valence-corrected chi connectivity index (χ4v) is 1.82. The first kappa shape index (κ1) is 13.3. The van der Waals surface area contributed by atoms with Gasteiger partial charge in [0.05, 0.1) is 15.7 Å². The molecular formula is C10H5Cl2FN6. The summed E-state index contributed by atoms with van der Waals surface area (Å²) < 4.78 is 13.0. The third kappa shape index (κ3) is 2.99. The predicted molar refractivity (Wildman–Crippen MR) is 67.8 cm³/mol. The van der Waals surface area contributed by atoms with E-state index in [9.17, 15) is 4.39 Å². The molecule has 2 aromatic rings. The molecule has 1 aromatic heterocycles. The monoisotopic (exact) mass is 298 g/mol. The summed E-state index contributed by atoms with van der Waals surface area (Å²) in [6, 6.07) is 4.08. The van der Waals surface area contributed by atoms with Gasteiger partial charge < -0.3 is 5.32 Å². The lowest BCUT2D eigenvalue weighted by Gasteiger charge is -2.06. The second-order valence-corrected chi connectivity index (χ2v) is 4.11. The molecule has 0 amide bonds. The first-order valence-corrected chi connectivity index (χ1v) is 5.62. The maximum Gasteiger partial charge on any atom is 0.216 e. The number of benzene rings is 1. The van der Waals surface area contributed by atoms with Crippen LogP contribution in [0.2, 0.25) is 10.0 Å². The third-order valence-electron chi connectivity index (χ3n) is 2.07. The molecule has 9 heteroatoms. The molecule has 0 fully saturated rings. The quantitative estimate of drug-likeness (QED) is 0.850. The van der Waals surface area contributed by atoms with Crippen LogP contribution in [0.3, 0.4) is 0 Å². The predicted octanol–water partition coefficient (Wildman–Crippen LogP) is 2.62. The van der Waals surface area contributed by atoms with Gasteiger partial charge >= 0.3 is 0 Å². The van der Waals surface area contributed by atoms with Crippen molar-refractivity contribution in [1.29, 1.82) is 5.26 Å². The number of nitrogens with one attached hydrogen (secondary N) is 2. The highest BCUT2D eigenvalue weighted by atomic mass is 35.5. The lowest BCUT2D eigenvalue weighted by molar-refractivity contribution is 0.628. The van der Waals surface area contributed by atoms with Crippen LogP contribution in [0.15, 0.2) is 18.3 Å². The molecule has 0 unspecified atom stereocenters.